The molecule has 2 aromatic heterocycles. The van der Waals surface area contributed by atoms with Gasteiger partial charge in [-0.1, -0.05) is 6.07 Å². The van der Waals surface area contributed by atoms with Crippen molar-refractivity contribution in [2.24, 2.45) is 0 Å². The second kappa shape index (κ2) is 7.48. The molecule has 0 unspecified atom stereocenters. The van der Waals surface area contributed by atoms with Gasteiger partial charge in [0, 0.05) is 17.6 Å². The van der Waals surface area contributed by atoms with Gasteiger partial charge in [-0.3, -0.25) is 0 Å². The molecule has 1 aromatic carbocycles. The molecule has 9 heteroatoms. The quantitative estimate of drug-likeness (QED) is 0.626. The molecular weight excluding hydrogens is 359 g/mol. The lowest BCUT2D eigenvalue weighted by molar-refractivity contribution is -0.137. The number of benzene rings is 1. The third-order valence-corrected chi connectivity index (χ3v) is 3.61. The smallest absolute Gasteiger partial charge is 0.354 e. The molecule has 0 atom stereocenters. The van der Waals surface area contributed by atoms with Crippen molar-refractivity contribution in [3.8, 4) is 0 Å². The monoisotopic (exact) mass is 375 g/mol. The molecule has 0 aliphatic carbocycles. The number of nitrogens with one attached hydrogen (secondary N) is 3. The summed E-state index contributed by atoms with van der Waals surface area (Å²) < 4.78 is 38.5. The van der Waals surface area contributed by atoms with Crippen molar-refractivity contribution in [3.05, 3.63) is 54.4 Å². The molecule has 0 radical (unpaired) electrons. The number of rotatable bonds is 4. The molecule has 140 valence electrons. The molecule has 0 aliphatic rings. The fraction of sp³-hybridized carbons (Fsp3) is 0.167. The molecule has 3 N–H and O–H groups in total. The first-order chi connectivity index (χ1) is 12.8. The van der Waals surface area contributed by atoms with Crippen LogP contribution in [0.4, 0.5) is 35.0 Å². The number of pyridine rings is 2. The molecule has 2 amide bonds. The van der Waals surface area contributed by atoms with Crippen molar-refractivity contribution in [1.82, 2.24) is 15.3 Å². The van der Waals surface area contributed by atoms with Crippen LogP contribution < -0.4 is 16.0 Å². The van der Waals surface area contributed by atoms with Crippen LogP contribution in [-0.4, -0.2) is 22.5 Å². The Balaban J connectivity index is 1.84. The van der Waals surface area contributed by atoms with Crippen LogP contribution in [0.15, 0.2) is 48.8 Å². The zero-order valence-electron chi connectivity index (χ0n) is 14.3. The minimum atomic E-state index is -4.41. The molecule has 2 heterocycles. The van der Waals surface area contributed by atoms with Gasteiger partial charge in [0.1, 0.15) is 0 Å². The molecule has 3 rings (SSSR count). The van der Waals surface area contributed by atoms with E-state index in [1.807, 2.05) is 0 Å². The highest BCUT2D eigenvalue weighted by Crippen LogP contribution is 2.31. The van der Waals surface area contributed by atoms with E-state index in [0.717, 1.165) is 12.1 Å². The predicted molar refractivity (Wildman–Crippen MR) is 97.0 cm³/mol. The summed E-state index contributed by atoms with van der Waals surface area (Å²) in [5.41, 5.74) is 0.975. The minimum absolute atomic E-state index is 0.288. The first kappa shape index (κ1) is 18.4. The normalized spacial score (nSPS) is 11.3. The Bertz CT molecular complexity index is 975. The largest absolute Gasteiger partial charge is 0.416 e. The standard InChI is InChI=1S/C18H16F3N5O/c1-2-22-17(27)26-15-7-11-6-14(9-23-16(11)24-10-15)25-13-5-3-4-12(8-13)18(19,20)21/h3-10,25H,2H2,1H3,(H2,22,26,27). The van der Waals surface area contributed by atoms with Crippen LogP contribution in [-0.2, 0) is 6.18 Å². The molecule has 3 aromatic rings. The summed E-state index contributed by atoms with van der Waals surface area (Å²) in [7, 11) is 0. The van der Waals surface area contributed by atoms with Crippen molar-refractivity contribution in [2.45, 2.75) is 13.1 Å². The van der Waals surface area contributed by atoms with E-state index in [4.69, 9.17) is 0 Å². The van der Waals surface area contributed by atoms with Crippen molar-refractivity contribution in [3.63, 3.8) is 0 Å². The summed E-state index contributed by atoms with van der Waals surface area (Å²) in [6, 6.07) is 7.91. The van der Waals surface area contributed by atoms with Gasteiger partial charge in [0.15, 0.2) is 5.65 Å². The molecule has 0 spiro atoms. The van der Waals surface area contributed by atoms with E-state index in [0.29, 0.717) is 29.0 Å². The summed E-state index contributed by atoms with van der Waals surface area (Å²) in [6.07, 6.45) is -1.46. The predicted octanol–water partition coefficient (Wildman–Crippen LogP) is 4.53. The lowest BCUT2D eigenvalue weighted by Gasteiger charge is -2.11. The molecular formula is C18H16F3N5O. The number of aromatic nitrogens is 2. The number of hydrogen-bond acceptors (Lipinski definition) is 4. The van der Waals surface area contributed by atoms with Crippen LogP contribution in [0.3, 0.4) is 0 Å². The van der Waals surface area contributed by atoms with Gasteiger partial charge in [-0.25, -0.2) is 14.8 Å². The van der Waals surface area contributed by atoms with Crippen LogP contribution in [0.2, 0.25) is 0 Å². The third-order valence-electron chi connectivity index (χ3n) is 3.61. The minimum Gasteiger partial charge on any atom is -0.354 e. The number of fused-ring (bicyclic) bond motifs is 1. The highest BCUT2D eigenvalue weighted by molar-refractivity contribution is 5.92. The zero-order valence-corrected chi connectivity index (χ0v) is 14.3. The maximum atomic E-state index is 12.8. The van der Waals surface area contributed by atoms with Gasteiger partial charge in [-0.2, -0.15) is 13.2 Å². The van der Waals surface area contributed by atoms with Gasteiger partial charge >= 0.3 is 12.2 Å². The Labute approximate surface area is 152 Å². The fourth-order valence-corrected chi connectivity index (χ4v) is 2.44. The number of anilines is 3. The molecule has 6 nitrogen and oxygen atoms in total. The van der Waals surface area contributed by atoms with Crippen LogP contribution in [0.25, 0.3) is 11.0 Å². The zero-order chi connectivity index (χ0) is 19.4. The lowest BCUT2D eigenvalue weighted by atomic mass is 10.2. The summed E-state index contributed by atoms with van der Waals surface area (Å²) in [5, 5.41) is 8.77. The third kappa shape index (κ3) is 4.63. The van der Waals surface area contributed by atoms with E-state index in [-0.39, 0.29) is 11.7 Å². The molecule has 0 saturated carbocycles. The Morgan fingerprint density at radius 3 is 2.44 bits per heavy atom. The Hall–Kier alpha value is -3.36. The van der Waals surface area contributed by atoms with Gasteiger partial charge < -0.3 is 16.0 Å². The van der Waals surface area contributed by atoms with Crippen molar-refractivity contribution in [2.75, 3.05) is 17.2 Å². The van der Waals surface area contributed by atoms with Gasteiger partial charge in [0.2, 0.25) is 0 Å². The fourth-order valence-electron chi connectivity index (χ4n) is 2.44. The van der Waals surface area contributed by atoms with Crippen LogP contribution in [0, 0.1) is 0 Å². The number of carbonyl (C=O) groups excluding carboxylic acids is 1. The average Bonchev–Trinajstić information content (AvgIpc) is 2.61. The van der Waals surface area contributed by atoms with Gasteiger partial charge in [0.25, 0.3) is 0 Å². The Kier molecular flexibility index (Phi) is 5.11. The summed E-state index contributed by atoms with van der Waals surface area (Å²) in [4.78, 5) is 19.9. The molecule has 0 aliphatic heterocycles. The van der Waals surface area contributed by atoms with Gasteiger partial charge in [0.05, 0.1) is 29.3 Å². The van der Waals surface area contributed by atoms with Crippen molar-refractivity contribution >= 4 is 34.1 Å². The number of amides is 2. The van der Waals surface area contributed by atoms with E-state index in [9.17, 15) is 18.0 Å². The average molecular weight is 375 g/mol. The number of nitrogens with zero attached hydrogens (tertiary/aromatic N) is 2. The Morgan fingerprint density at radius 1 is 1.04 bits per heavy atom. The maximum absolute atomic E-state index is 12.8. The van der Waals surface area contributed by atoms with Crippen LogP contribution in [0.5, 0.6) is 0 Å². The SMILES string of the molecule is CCNC(=O)Nc1cnc2ncc(Nc3cccc(C(F)(F)F)c3)cc2c1. The molecule has 0 saturated heterocycles. The van der Waals surface area contributed by atoms with E-state index in [2.05, 4.69) is 25.9 Å². The highest BCUT2D eigenvalue weighted by atomic mass is 19.4. The second-order valence-corrected chi connectivity index (χ2v) is 5.68. The number of alkyl halides is 3. The van der Waals surface area contributed by atoms with E-state index >= 15 is 0 Å². The lowest BCUT2D eigenvalue weighted by Crippen LogP contribution is -2.28. The van der Waals surface area contributed by atoms with Gasteiger partial charge in [-0.15, -0.1) is 0 Å². The summed E-state index contributed by atoms with van der Waals surface area (Å²) >= 11 is 0. The highest BCUT2D eigenvalue weighted by Gasteiger charge is 2.30. The van der Waals surface area contributed by atoms with Gasteiger partial charge in [-0.05, 0) is 37.3 Å². The van der Waals surface area contributed by atoms with E-state index in [1.54, 1.807) is 19.1 Å². The number of halogens is 3. The summed E-state index contributed by atoms with van der Waals surface area (Å²) in [6.45, 7) is 2.29. The van der Waals surface area contributed by atoms with Crippen LogP contribution in [0.1, 0.15) is 12.5 Å². The Morgan fingerprint density at radius 2 is 1.74 bits per heavy atom. The number of carbonyl (C=O) groups is 1. The van der Waals surface area contributed by atoms with Crippen molar-refractivity contribution < 1.29 is 18.0 Å². The first-order valence-electron chi connectivity index (χ1n) is 8.10. The van der Waals surface area contributed by atoms with Crippen LogP contribution >= 0.6 is 0 Å². The second-order valence-electron chi connectivity index (χ2n) is 5.68. The van der Waals surface area contributed by atoms with E-state index in [1.165, 1.54) is 24.5 Å². The maximum Gasteiger partial charge on any atom is 0.416 e. The first-order valence-corrected chi connectivity index (χ1v) is 8.10. The topological polar surface area (TPSA) is 78.9 Å². The number of hydrogen-bond donors (Lipinski definition) is 3. The van der Waals surface area contributed by atoms with E-state index < -0.39 is 11.7 Å². The summed E-state index contributed by atoms with van der Waals surface area (Å²) in [5.74, 6) is 0. The molecule has 0 fully saturated rings. The number of urea groups is 1. The molecule has 27 heavy (non-hydrogen) atoms. The molecule has 0 bridgehead atoms. The van der Waals surface area contributed by atoms with Crippen molar-refractivity contribution in [1.29, 1.82) is 0 Å².